The van der Waals surface area contributed by atoms with Crippen LogP contribution in [0.4, 0.5) is 5.69 Å². The van der Waals surface area contributed by atoms with E-state index in [1.54, 1.807) is 6.20 Å². The predicted octanol–water partition coefficient (Wildman–Crippen LogP) is 3.62. The topological polar surface area (TPSA) is 98.1 Å². The van der Waals surface area contributed by atoms with Crippen molar-refractivity contribution < 1.29 is 4.79 Å². The van der Waals surface area contributed by atoms with Crippen molar-refractivity contribution in [1.29, 1.82) is 0 Å². The second-order valence-electron chi connectivity index (χ2n) is 10.0. The van der Waals surface area contributed by atoms with E-state index in [1.165, 1.54) is 35.2 Å². The van der Waals surface area contributed by atoms with Gasteiger partial charge in [0.25, 0.3) is 0 Å². The van der Waals surface area contributed by atoms with Gasteiger partial charge in [-0.15, -0.1) is 0 Å². The van der Waals surface area contributed by atoms with Gasteiger partial charge in [-0.2, -0.15) is 0 Å². The molecule has 0 radical (unpaired) electrons. The molecule has 1 atom stereocenters. The lowest BCUT2D eigenvalue weighted by Crippen LogP contribution is -2.43. The fourth-order valence-corrected chi connectivity index (χ4v) is 5.78. The molecule has 6 nitrogen and oxygen atoms in total. The number of piperidine rings is 1. The first-order valence-electron chi connectivity index (χ1n) is 12.3. The number of benzene rings is 1. The molecule has 3 heterocycles. The van der Waals surface area contributed by atoms with Crippen LogP contribution < -0.4 is 16.4 Å². The minimum absolute atomic E-state index is 0.218. The Balaban J connectivity index is 1.49. The third kappa shape index (κ3) is 3.48. The number of aromatic nitrogens is 2. The number of amides is 1. The highest BCUT2D eigenvalue weighted by Crippen LogP contribution is 2.48. The lowest BCUT2D eigenvalue weighted by atomic mass is 9.90. The number of aryl methyl sites for hydroxylation is 1. The largest absolute Gasteiger partial charge is 0.369 e. The fourth-order valence-electron chi connectivity index (χ4n) is 5.78. The lowest BCUT2D eigenvalue weighted by Gasteiger charge is -2.36. The summed E-state index contributed by atoms with van der Waals surface area (Å²) in [4.78, 5) is 24.1. The monoisotopic (exact) mass is 441 g/mol. The molecule has 0 bridgehead atoms. The van der Waals surface area contributed by atoms with Crippen LogP contribution in [0, 0.1) is 0 Å². The zero-order valence-electron chi connectivity index (χ0n) is 19.0. The van der Waals surface area contributed by atoms with Crippen LogP contribution in [-0.2, 0) is 23.1 Å². The first-order valence-corrected chi connectivity index (χ1v) is 12.3. The van der Waals surface area contributed by atoms with Crippen LogP contribution >= 0.6 is 0 Å². The van der Waals surface area contributed by atoms with Crippen molar-refractivity contribution in [3.8, 4) is 11.1 Å². The quantitative estimate of drug-likeness (QED) is 0.644. The minimum atomic E-state index is -0.581. The third-order valence-electron chi connectivity index (χ3n) is 7.81. The Hall–Kier alpha value is -2.99. The van der Waals surface area contributed by atoms with Crippen molar-refractivity contribution in [2.75, 3.05) is 18.0 Å². The molecule has 0 spiro atoms. The zero-order chi connectivity index (χ0) is 22.6. The van der Waals surface area contributed by atoms with E-state index in [0.717, 1.165) is 74.0 Å². The van der Waals surface area contributed by atoms with Gasteiger partial charge in [-0.05, 0) is 92.3 Å². The number of primary amides is 1. The van der Waals surface area contributed by atoms with E-state index in [0.29, 0.717) is 0 Å². The van der Waals surface area contributed by atoms with Gasteiger partial charge in [0.2, 0.25) is 5.91 Å². The predicted molar refractivity (Wildman–Crippen MR) is 131 cm³/mol. The second kappa shape index (κ2) is 7.80. The minimum Gasteiger partial charge on any atom is -0.369 e. The summed E-state index contributed by atoms with van der Waals surface area (Å²) >= 11 is 0. The van der Waals surface area contributed by atoms with Crippen LogP contribution in [0.1, 0.15) is 55.5 Å². The Labute approximate surface area is 194 Å². The van der Waals surface area contributed by atoms with E-state index >= 15 is 0 Å². The molecule has 3 aromatic rings. The molecule has 1 saturated heterocycles. The molecule has 1 aliphatic heterocycles. The second-order valence-corrected chi connectivity index (χ2v) is 10.0. The van der Waals surface area contributed by atoms with Gasteiger partial charge in [-0.25, -0.2) is 0 Å². The van der Waals surface area contributed by atoms with Crippen molar-refractivity contribution in [2.24, 2.45) is 11.5 Å². The Morgan fingerprint density at radius 1 is 1.06 bits per heavy atom. The van der Waals surface area contributed by atoms with E-state index in [2.05, 4.69) is 28.1 Å². The van der Waals surface area contributed by atoms with Gasteiger partial charge in [-0.1, -0.05) is 6.07 Å². The summed E-state index contributed by atoms with van der Waals surface area (Å²) in [5, 5.41) is 1.21. The highest BCUT2D eigenvalue weighted by atomic mass is 16.1. The van der Waals surface area contributed by atoms with Crippen LogP contribution in [0.25, 0.3) is 22.0 Å². The molecular formula is C27H31N5O. The average Bonchev–Trinajstić information content (AvgIpc) is 3.65. The first-order chi connectivity index (χ1) is 16.0. The smallest absolute Gasteiger partial charge is 0.229 e. The van der Waals surface area contributed by atoms with Crippen LogP contribution in [-0.4, -0.2) is 35.0 Å². The summed E-state index contributed by atoms with van der Waals surface area (Å²) in [6, 6.07) is 10.8. The summed E-state index contributed by atoms with van der Waals surface area (Å²) in [6.07, 6.45) is 10.2. The summed E-state index contributed by atoms with van der Waals surface area (Å²) in [7, 11) is 0. The van der Waals surface area contributed by atoms with E-state index < -0.39 is 5.41 Å². The molecule has 1 aromatic carbocycles. The molecule has 170 valence electrons. The highest BCUT2D eigenvalue weighted by Gasteiger charge is 2.51. The van der Waals surface area contributed by atoms with E-state index in [1.807, 2.05) is 12.1 Å². The summed E-state index contributed by atoms with van der Waals surface area (Å²) in [5.41, 5.74) is 19.6. The molecule has 4 N–H and O–H groups in total. The Kier molecular flexibility index (Phi) is 4.87. The maximum Gasteiger partial charge on any atom is 0.229 e. The van der Waals surface area contributed by atoms with Crippen molar-refractivity contribution in [3.05, 3.63) is 53.5 Å². The molecular weight excluding hydrogens is 410 g/mol. The Morgan fingerprint density at radius 2 is 1.88 bits per heavy atom. The van der Waals surface area contributed by atoms with E-state index in [-0.39, 0.29) is 11.9 Å². The number of hydrogen-bond acceptors (Lipinski definition) is 5. The number of pyridine rings is 2. The summed E-state index contributed by atoms with van der Waals surface area (Å²) < 4.78 is 0. The summed E-state index contributed by atoms with van der Waals surface area (Å²) in [6.45, 7) is 1.94. The molecule has 2 aliphatic carbocycles. The number of nitrogens with two attached hydrogens (primary N) is 2. The normalized spacial score (nSPS) is 21.6. The van der Waals surface area contributed by atoms with Crippen LogP contribution in [0.15, 0.2) is 36.5 Å². The Bertz CT molecular complexity index is 1250. The number of fused-ring (bicyclic) bond motifs is 2. The number of carbonyl (C=O) groups is 1. The van der Waals surface area contributed by atoms with Gasteiger partial charge in [0.05, 0.1) is 22.3 Å². The molecule has 2 fully saturated rings. The van der Waals surface area contributed by atoms with Gasteiger partial charge < -0.3 is 16.4 Å². The molecule has 3 aliphatic rings. The maximum atomic E-state index is 12.0. The highest BCUT2D eigenvalue weighted by molar-refractivity contribution is 5.97. The molecule has 1 saturated carbocycles. The molecule has 2 aromatic heterocycles. The van der Waals surface area contributed by atoms with Gasteiger partial charge >= 0.3 is 0 Å². The average molecular weight is 442 g/mol. The third-order valence-corrected chi connectivity index (χ3v) is 7.81. The Morgan fingerprint density at radius 3 is 2.67 bits per heavy atom. The SMILES string of the molecule is NC(=O)C1(c2cc(-c3ccc4nc5c(c(N6CCCC(N)C6)c4c3)CCCC5)ccn2)CC1. The summed E-state index contributed by atoms with van der Waals surface area (Å²) in [5.74, 6) is -0.273. The first kappa shape index (κ1) is 20.6. The number of rotatable bonds is 4. The van der Waals surface area contributed by atoms with Crippen molar-refractivity contribution in [2.45, 2.75) is 62.8 Å². The standard InChI is InChI=1S/C27H31N5O/c28-19-4-3-13-32(16-19)25-20-5-1-2-6-22(20)31-23-8-7-17(14-21(23)25)18-9-12-30-24(15-18)27(10-11-27)26(29)33/h7-9,12,14-15,19H,1-6,10-11,13,16,28H2,(H2,29,33). The van der Waals surface area contributed by atoms with Crippen molar-refractivity contribution >= 4 is 22.5 Å². The van der Waals surface area contributed by atoms with Gasteiger partial charge in [0.1, 0.15) is 0 Å². The molecule has 6 rings (SSSR count). The molecule has 1 amide bonds. The number of nitrogens with zero attached hydrogens (tertiary/aromatic N) is 3. The van der Waals surface area contributed by atoms with Crippen molar-refractivity contribution in [1.82, 2.24) is 9.97 Å². The lowest BCUT2D eigenvalue weighted by molar-refractivity contribution is -0.120. The molecule has 1 unspecified atom stereocenters. The van der Waals surface area contributed by atoms with Crippen LogP contribution in [0.2, 0.25) is 0 Å². The number of carbonyl (C=O) groups excluding carboxylic acids is 1. The zero-order valence-corrected chi connectivity index (χ0v) is 19.0. The fraction of sp³-hybridized carbons (Fsp3) is 0.444. The van der Waals surface area contributed by atoms with Crippen LogP contribution in [0.5, 0.6) is 0 Å². The number of hydrogen-bond donors (Lipinski definition) is 2. The van der Waals surface area contributed by atoms with E-state index in [4.69, 9.17) is 16.5 Å². The van der Waals surface area contributed by atoms with Gasteiger partial charge in [0.15, 0.2) is 0 Å². The van der Waals surface area contributed by atoms with E-state index in [9.17, 15) is 4.79 Å². The maximum absolute atomic E-state index is 12.0. The number of anilines is 1. The van der Waals surface area contributed by atoms with Gasteiger partial charge in [0, 0.05) is 36.4 Å². The molecule has 33 heavy (non-hydrogen) atoms. The molecule has 6 heteroatoms. The van der Waals surface area contributed by atoms with Crippen LogP contribution in [0.3, 0.4) is 0 Å². The van der Waals surface area contributed by atoms with Gasteiger partial charge in [-0.3, -0.25) is 14.8 Å². The van der Waals surface area contributed by atoms with Crippen molar-refractivity contribution in [3.63, 3.8) is 0 Å².